The van der Waals surface area contributed by atoms with Gasteiger partial charge < -0.3 is 15.2 Å². The molecule has 1 saturated heterocycles. The number of carbonyl (C=O) groups excluding carboxylic acids is 2. The van der Waals surface area contributed by atoms with Crippen LogP contribution in [-0.4, -0.2) is 41.0 Å². The third kappa shape index (κ3) is 3.16. The van der Waals surface area contributed by atoms with Crippen LogP contribution in [0.1, 0.15) is 11.6 Å². The maximum atomic E-state index is 14.0. The Hall–Kier alpha value is -2.84. The third-order valence-electron chi connectivity index (χ3n) is 4.35. The van der Waals surface area contributed by atoms with Crippen molar-refractivity contribution in [1.29, 1.82) is 0 Å². The first-order valence-corrected chi connectivity index (χ1v) is 7.76. The van der Waals surface area contributed by atoms with Crippen molar-refractivity contribution < 1.29 is 27.2 Å². The fourth-order valence-corrected chi connectivity index (χ4v) is 2.94. The second-order valence-electron chi connectivity index (χ2n) is 6.03. The van der Waals surface area contributed by atoms with E-state index in [1.807, 2.05) is 5.32 Å². The van der Waals surface area contributed by atoms with Gasteiger partial charge in [0, 0.05) is 35.8 Å². The lowest BCUT2D eigenvalue weighted by molar-refractivity contribution is -0.166. The Kier molecular flexibility index (Phi) is 4.47. The molecule has 0 aliphatic carbocycles. The monoisotopic (exact) mass is 369 g/mol. The highest BCUT2D eigenvalue weighted by Crippen LogP contribution is 2.37. The van der Waals surface area contributed by atoms with E-state index >= 15 is 0 Å². The lowest BCUT2D eigenvalue weighted by Gasteiger charge is -2.38. The maximum Gasteiger partial charge on any atom is 0.412 e. The fraction of sp³-hybridized carbons (Fsp3) is 0.294. The lowest BCUT2D eigenvalue weighted by Crippen LogP contribution is -2.56. The molecule has 1 aromatic carbocycles. The van der Waals surface area contributed by atoms with Gasteiger partial charge in [0.1, 0.15) is 5.82 Å². The van der Waals surface area contributed by atoms with Crippen molar-refractivity contribution in [3.05, 3.63) is 48.4 Å². The molecule has 26 heavy (non-hydrogen) atoms. The van der Waals surface area contributed by atoms with Gasteiger partial charge in [-0.3, -0.25) is 9.59 Å². The van der Waals surface area contributed by atoms with Crippen LogP contribution >= 0.6 is 0 Å². The van der Waals surface area contributed by atoms with Crippen molar-refractivity contribution in [2.75, 3.05) is 13.1 Å². The van der Waals surface area contributed by atoms with E-state index < -0.39 is 35.4 Å². The number of hydrogen-bond donors (Lipinski definition) is 2. The zero-order chi connectivity index (χ0) is 19.1. The molecule has 1 aliphatic heterocycles. The molecule has 1 fully saturated rings. The summed E-state index contributed by atoms with van der Waals surface area (Å²) in [4.78, 5) is 27.4. The molecule has 1 atom stereocenters. The average Bonchev–Trinajstić information content (AvgIpc) is 2.94. The quantitative estimate of drug-likeness (QED) is 0.643. The number of aromatic nitrogens is 1. The Labute approximate surface area is 145 Å². The first-order chi connectivity index (χ1) is 12.2. The molecule has 1 aromatic heterocycles. The lowest BCUT2D eigenvalue weighted by atomic mass is 9.97. The summed E-state index contributed by atoms with van der Waals surface area (Å²) in [6.45, 7) is 3.34. The number of alkyl halides is 3. The highest BCUT2D eigenvalue weighted by Gasteiger charge is 2.45. The van der Waals surface area contributed by atoms with Gasteiger partial charge in [0.2, 0.25) is 11.8 Å². The zero-order valence-corrected chi connectivity index (χ0v) is 13.4. The molecule has 138 valence electrons. The van der Waals surface area contributed by atoms with Crippen molar-refractivity contribution in [3.63, 3.8) is 0 Å². The number of H-pyrrole nitrogens is 1. The molecule has 1 aliphatic rings. The summed E-state index contributed by atoms with van der Waals surface area (Å²) in [5.74, 6) is -2.79. The molecule has 0 bridgehead atoms. The van der Waals surface area contributed by atoms with Crippen molar-refractivity contribution in [3.8, 4) is 0 Å². The van der Waals surface area contributed by atoms with Gasteiger partial charge in [-0.25, -0.2) is 4.39 Å². The minimum absolute atomic E-state index is 0.0174. The molecule has 2 amide bonds. The molecule has 5 nitrogen and oxygen atoms in total. The Bertz CT molecular complexity index is 869. The number of rotatable bonds is 4. The van der Waals surface area contributed by atoms with Crippen LogP contribution in [0, 0.1) is 11.7 Å². The molecule has 2 N–H and O–H groups in total. The topological polar surface area (TPSA) is 65.2 Å². The zero-order valence-electron chi connectivity index (χ0n) is 13.4. The SMILES string of the molecule is C=CC(=O)N1CC(C(=O)NC(c2c[nH]c3cccc(F)c23)C(F)(F)F)C1. The number of hydrogen-bond acceptors (Lipinski definition) is 2. The Morgan fingerprint density at radius 3 is 2.65 bits per heavy atom. The summed E-state index contributed by atoms with van der Waals surface area (Å²) in [6, 6.07) is 1.52. The number of likely N-dealkylation sites (tertiary alicyclic amines) is 1. The number of carbonyl (C=O) groups is 2. The molecule has 0 radical (unpaired) electrons. The van der Waals surface area contributed by atoms with Crippen molar-refractivity contribution in [2.24, 2.45) is 5.92 Å². The summed E-state index contributed by atoms with van der Waals surface area (Å²) in [5.41, 5.74) is -0.188. The molecule has 0 spiro atoms. The molecule has 2 aromatic rings. The predicted octanol–water partition coefficient (Wildman–Crippen LogP) is 2.67. The van der Waals surface area contributed by atoms with Gasteiger partial charge in [-0.05, 0) is 18.2 Å². The van der Waals surface area contributed by atoms with Gasteiger partial charge in [0.05, 0.1) is 5.92 Å². The first-order valence-electron chi connectivity index (χ1n) is 7.76. The molecular weight excluding hydrogens is 354 g/mol. The standard InChI is InChI=1S/C17H15F4N3O2/c1-2-13(25)24-7-9(8-24)16(26)23-15(17(19,20)21)10-6-22-12-5-3-4-11(18)14(10)12/h2-6,9,15,22H,1,7-8H2,(H,23,26). The Morgan fingerprint density at radius 2 is 2.04 bits per heavy atom. The van der Waals surface area contributed by atoms with Crippen LogP contribution in [0.3, 0.4) is 0 Å². The van der Waals surface area contributed by atoms with E-state index in [1.165, 1.54) is 17.0 Å². The van der Waals surface area contributed by atoms with Crippen LogP contribution in [0.15, 0.2) is 37.1 Å². The predicted molar refractivity (Wildman–Crippen MR) is 85.5 cm³/mol. The summed E-state index contributed by atoms with van der Waals surface area (Å²) in [5, 5.41) is 1.73. The van der Waals surface area contributed by atoms with E-state index in [1.54, 1.807) is 0 Å². The molecular formula is C17H15F4N3O2. The van der Waals surface area contributed by atoms with E-state index in [4.69, 9.17) is 0 Å². The number of aromatic amines is 1. The van der Waals surface area contributed by atoms with Crippen LogP contribution in [-0.2, 0) is 9.59 Å². The van der Waals surface area contributed by atoms with Gasteiger partial charge in [0.15, 0.2) is 6.04 Å². The highest BCUT2D eigenvalue weighted by atomic mass is 19.4. The highest BCUT2D eigenvalue weighted by molar-refractivity contribution is 5.91. The van der Waals surface area contributed by atoms with Gasteiger partial charge in [-0.2, -0.15) is 13.2 Å². The fourth-order valence-electron chi connectivity index (χ4n) is 2.94. The van der Waals surface area contributed by atoms with E-state index in [0.29, 0.717) is 0 Å². The molecule has 3 rings (SSSR count). The average molecular weight is 369 g/mol. The van der Waals surface area contributed by atoms with Crippen LogP contribution in [0.25, 0.3) is 10.9 Å². The number of amides is 2. The molecule has 0 saturated carbocycles. The third-order valence-corrected chi connectivity index (χ3v) is 4.35. The van der Waals surface area contributed by atoms with E-state index in [9.17, 15) is 27.2 Å². The molecule has 9 heteroatoms. The van der Waals surface area contributed by atoms with Gasteiger partial charge in [0.25, 0.3) is 0 Å². The Balaban J connectivity index is 1.83. The number of fused-ring (bicyclic) bond motifs is 1. The van der Waals surface area contributed by atoms with E-state index in [-0.39, 0.29) is 29.9 Å². The van der Waals surface area contributed by atoms with Crippen LogP contribution in [0.5, 0.6) is 0 Å². The first kappa shape index (κ1) is 18.0. The second kappa shape index (κ2) is 6.47. The summed E-state index contributed by atoms with van der Waals surface area (Å²) >= 11 is 0. The van der Waals surface area contributed by atoms with Crippen LogP contribution in [0.4, 0.5) is 17.6 Å². The minimum atomic E-state index is -4.81. The number of nitrogens with one attached hydrogen (secondary N) is 2. The Morgan fingerprint density at radius 1 is 1.35 bits per heavy atom. The van der Waals surface area contributed by atoms with Crippen molar-refractivity contribution in [2.45, 2.75) is 12.2 Å². The second-order valence-corrected chi connectivity index (χ2v) is 6.03. The molecule has 2 heterocycles. The minimum Gasteiger partial charge on any atom is -0.361 e. The number of nitrogens with zero attached hydrogens (tertiary/aromatic N) is 1. The van der Waals surface area contributed by atoms with Gasteiger partial charge in [-0.15, -0.1) is 0 Å². The van der Waals surface area contributed by atoms with Gasteiger partial charge in [-0.1, -0.05) is 12.6 Å². The largest absolute Gasteiger partial charge is 0.412 e. The maximum absolute atomic E-state index is 14.0. The number of benzene rings is 1. The van der Waals surface area contributed by atoms with Gasteiger partial charge >= 0.3 is 6.18 Å². The van der Waals surface area contributed by atoms with Crippen LogP contribution in [0.2, 0.25) is 0 Å². The van der Waals surface area contributed by atoms with E-state index in [0.717, 1.165) is 18.3 Å². The van der Waals surface area contributed by atoms with Crippen molar-refractivity contribution in [1.82, 2.24) is 15.2 Å². The van der Waals surface area contributed by atoms with E-state index in [2.05, 4.69) is 11.6 Å². The summed E-state index contributed by atoms with van der Waals surface area (Å²) in [7, 11) is 0. The smallest absolute Gasteiger partial charge is 0.361 e. The molecule has 1 unspecified atom stereocenters. The van der Waals surface area contributed by atoms with Crippen molar-refractivity contribution >= 4 is 22.7 Å². The summed E-state index contributed by atoms with van der Waals surface area (Å²) in [6.07, 6.45) is -2.70. The normalized spacial score (nSPS) is 16.2. The van der Waals surface area contributed by atoms with Crippen LogP contribution < -0.4 is 5.32 Å². The number of halogens is 4. The summed E-state index contributed by atoms with van der Waals surface area (Å²) < 4.78 is 54.6.